The molecular weight excluding hydrogens is 362 g/mol. The van der Waals surface area contributed by atoms with Crippen LogP contribution in [0, 0.1) is 6.92 Å². The van der Waals surface area contributed by atoms with Gasteiger partial charge in [0.05, 0.1) is 6.04 Å². The maximum absolute atomic E-state index is 13.2. The van der Waals surface area contributed by atoms with E-state index in [-0.39, 0.29) is 23.1 Å². The van der Waals surface area contributed by atoms with Crippen molar-refractivity contribution in [3.05, 3.63) is 69.6 Å². The Morgan fingerprint density at radius 3 is 2.38 bits per heavy atom. The minimum atomic E-state index is -0.215. The van der Waals surface area contributed by atoms with E-state index in [0.717, 1.165) is 30.8 Å². The van der Waals surface area contributed by atoms with Crippen molar-refractivity contribution in [3.63, 3.8) is 0 Å². The van der Waals surface area contributed by atoms with Crippen molar-refractivity contribution < 1.29 is 4.79 Å². The first-order chi connectivity index (χ1) is 14.0. The van der Waals surface area contributed by atoms with Crippen molar-refractivity contribution in [3.8, 4) is 0 Å². The second kappa shape index (κ2) is 9.88. The van der Waals surface area contributed by atoms with Crippen LogP contribution in [0.25, 0.3) is 0 Å². The molecule has 0 saturated carbocycles. The van der Waals surface area contributed by atoms with Gasteiger partial charge < -0.3 is 14.4 Å². The van der Waals surface area contributed by atoms with Crippen LogP contribution in [0.2, 0.25) is 0 Å². The molecule has 0 radical (unpaired) electrons. The topological polar surface area (TPSA) is 45.6 Å². The van der Waals surface area contributed by atoms with Gasteiger partial charge in [0.1, 0.15) is 5.56 Å². The Bertz CT molecular complexity index is 867. The molecule has 1 atom stereocenters. The molecule has 0 N–H and O–H groups in total. The normalized spacial score (nSPS) is 16.2. The zero-order valence-corrected chi connectivity index (χ0v) is 17.9. The number of hydrogen-bond donors (Lipinski definition) is 0. The quantitative estimate of drug-likeness (QED) is 0.749. The second-order valence-electron chi connectivity index (χ2n) is 8.16. The number of benzene rings is 1. The summed E-state index contributed by atoms with van der Waals surface area (Å²) in [6, 6.07) is 11.6. The highest BCUT2D eigenvalue weighted by Gasteiger charge is 2.22. The van der Waals surface area contributed by atoms with Gasteiger partial charge in [-0.1, -0.05) is 43.2 Å². The Labute approximate surface area is 173 Å². The molecule has 2 heterocycles. The van der Waals surface area contributed by atoms with E-state index in [2.05, 4.69) is 4.90 Å². The number of aromatic nitrogens is 1. The number of nitrogens with zero attached hydrogens (tertiary/aromatic N) is 3. The molecule has 29 heavy (non-hydrogen) atoms. The van der Waals surface area contributed by atoms with E-state index in [4.69, 9.17) is 0 Å². The Hall–Kier alpha value is -2.40. The number of likely N-dealkylation sites (tertiary alicyclic amines) is 1. The van der Waals surface area contributed by atoms with Crippen molar-refractivity contribution in [2.75, 3.05) is 33.2 Å². The van der Waals surface area contributed by atoms with Crippen LogP contribution in [0.1, 0.15) is 60.1 Å². The maximum Gasteiger partial charge on any atom is 0.264 e. The lowest BCUT2D eigenvalue weighted by Crippen LogP contribution is -2.40. The predicted octanol–water partition coefficient (Wildman–Crippen LogP) is 3.71. The fourth-order valence-electron chi connectivity index (χ4n) is 4.04. The molecule has 0 aliphatic carbocycles. The summed E-state index contributed by atoms with van der Waals surface area (Å²) < 4.78 is 1.66. The van der Waals surface area contributed by atoms with E-state index in [1.807, 2.05) is 50.2 Å². The summed E-state index contributed by atoms with van der Waals surface area (Å²) in [6.07, 6.45) is 6.86. The third kappa shape index (κ3) is 5.15. The van der Waals surface area contributed by atoms with Gasteiger partial charge >= 0.3 is 0 Å². The number of pyridine rings is 1. The van der Waals surface area contributed by atoms with Gasteiger partial charge in [-0.05, 0) is 57.0 Å². The van der Waals surface area contributed by atoms with E-state index in [1.54, 1.807) is 22.7 Å². The number of amides is 1. The van der Waals surface area contributed by atoms with Crippen molar-refractivity contribution in [1.82, 2.24) is 14.4 Å². The van der Waals surface area contributed by atoms with E-state index in [1.165, 1.54) is 25.7 Å². The fraction of sp³-hybridized carbons (Fsp3) is 0.500. The van der Waals surface area contributed by atoms with Crippen LogP contribution in [-0.4, -0.2) is 53.5 Å². The average molecular weight is 396 g/mol. The highest BCUT2D eigenvalue weighted by molar-refractivity contribution is 5.95. The summed E-state index contributed by atoms with van der Waals surface area (Å²) in [7, 11) is 1.80. The number of carbonyl (C=O) groups excluding carboxylic acids is 1. The number of carbonyl (C=O) groups is 1. The van der Waals surface area contributed by atoms with Gasteiger partial charge in [-0.3, -0.25) is 9.59 Å². The summed E-state index contributed by atoms with van der Waals surface area (Å²) in [4.78, 5) is 30.5. The zero-order valence-electron chi connectivity index (χ0n) is 17.9. The van der Waals surface area contributed by atoms with Gasteiger partial charge in [0, 0.05) is 26.3 Å². The lowest BCUT2D eigenvalue weighted by molar-refractivity contribution is 0.0775. The minimum Gasteiger partial charge on any atom is -0.340 e. The van der Waals surface area contributed by atoms with E-state index >= 15 is 0 Å². The lowest BCUT2D eigenvalue weighted by Gasteiger charge is -2.25. The van der Waals surface area contributed by atoms with Gasteiger partial charge in [0.15, 0.2) is 0 Å². The number of likely N-dealkylation sites (N-methyl/N-ethyl adjacent to an activating group) is 1. The molecule has 1 aromatic heterocycles. The molecule has 1 fully saturated rings. The largest absolute Gasteiger partial charge is 0.340 e. The van der Waals surface area contributed by atoms with Gasteiger partial charge in [-0.2, -0.15) is 0 Å². The van der Waals surface area contributed by atoms with Crippen LogP contribution in [0.5, 0.6) is 0 Å². The zero-order chi connectivity index (χ0) is 20.8. The monoisotopic (exact) mass is 395 g/mol. The van der Waals surface area contributed by atoms with Crippen LogP contribution in [0.3, 0.4) is 0 Å². The third-order valence-corrected chi connectivity index (χ3v) is 6.04. The molecule has 5 nitrogen and oxygen atoms in total. The van der Waals surface area contributed by atoms with Crippen molar-refractivity contribution in [1.29, 1.82) is 0 Å². The first-order valence-electron chi connectivity index (χ1n) is 10.7. The van der Waals surface area contributed by atoms with Crippen LogP contribution in [-0.2, 0) is 0 Å². The molecule has 1 aliphatic rings. The first kappa shape index (κ1) is 21.3. The molecule has 3 rings (SSSR count). The fourth-order valence-corrected chi connectivity index (χ4v) is 4.04. The minimum absolute atomic E-state index is 0.127. The molecule has 0 spiro atoms. The van der Waals surface area contributed by atoms with Crippen molar-refractivity contribution in [2.45, 2.75) is 45.6 Å². The maximum atomic E-state index is 13.2. The van der Waals surface area contributed by atoms with Crippen LogP contribution in [0.15, 0.2) is 47.4 Å². The van der Waals surface area contributed by atoms with Crippen LogP contribution >= 0.6 is 0 Å². The highest BCUT2D eigenvalue weighted by atomic mass is 16.2. The molecule has 2 aromatic rings. The summed E-state index contributed by atoms with van der Waals surface area (Å²) in [5.74, 6) is -0.183. The Morgan fingerprint density at radius 1 is 1.07 bits per heavy atom. The van der Waals surface area contributed by atoms with E-state index in [0.29, 0.717) is 6.54 Å². The highest BCUT2D eigenvalue weighted by Crippen LogP contribution is 2.17. The lowest BCUT2D eigenvalue weighted by atomic mass is 10.1. The smallest absolute Gasteiger partial charge is 0.264 e. The molecule has 156 valence electrons. The van der Waals surface area contributed by atoms with E-state index in [9.17, 15) is 9.59 Å². The Kier molecular flexibility index (Phi) is 7.26. The molecule has 1 saturated heterocycles. The van der Waals surface area contributed by atoms with Crippen LogP contribution < -0.4 is 5.56 Å². The Morgan fingerprint density at radius 2 is 1.72 bits per heavy atom. The molecule has 1 unspecified atom stereocenters. The van der Waals surface area contributed by atoms with Gasteiger partial charge in [0.25, 0.3) is 11.5 Å². The molecule has 1 amide bonds. The summed E-state index contributed by atoms with van der Waals surface area (Å²) in [5.41, 5.74) is 1.85. The molecular formula is C24H33N3O2. The number of hydrogen-bond acceptors (Lipinski definition) is 3. The molecule has 0 bridgehead atoms. The SMILES string of the molecule is Cc1ccn(C(C)c2ccccc2)c(=O)c1C(=O)N(C)CCN1CCCCCC1. The summed E-state index contributed by atoms with van der Waals surface area (Å²) >= 11 is 0. The molecule has 1 aliphatic heterocycles. The van der Waals surface area contributed by atoms with Crippen molar-refractivity contribution in [2.24, 2.45) is 0 Å². The first-order valence-corrected chi connectivity index (χ1v) is 10.7. The average Bonchev–Trinajstić information content (AvgIpc) is 3.01. The van der Waals surface area contributed by atoms with Gasteiger partial charge in [-0.25, -0.2) is 0 Å². The Balaban J connectivity index is 1.76. The molecule has 1 aromatic carbocycles. The summed E-state index contributed by atoms with van der Waals surface area (Å²) in [6.45, 7) is 7.54. The van der Waals surface area contributed by atoms with Crippen molar-refractivity contribution >= 4 is 5.91 Å². The number of aryl methyl sites for hydroxylation is 1. The standard InChI is InChI=1S/C24H33N3O2/c1-19-13-16-27(20(2)21-11-7-6-8-12-21)24(29)22(19)23(28)25(3)17-18-26-14-9-4-5-10-15-26/h6-8,11-13,16,20H,4-5,9-10,14-15,17-18H2,1-3H3. The van der Waals surface area contributed by atoms with Gasteiger partial charge in [-0.15, -0.1) is 0 Å². The number of rotatable bonds is 6. The summed E-state index contributed by atoms with van der Waals surface area (Å²) in [5, 5.41) is 0. The second-order valence-corrected chi connectivity index (χ2v) is 8.16. The predicted molar refractivity (Wildman–Crippen MR) is 118 cm³/mol. The third-order valence-electron chi connectivity index (χ3n) is 6.04. The molecule has 5 heteroatoms. The van der Waals surface area contributed by atoms with Gasteiger partial charge in [0.2, 0.25) is 0 Å². The van der Waals surface area contributed by atoms with E-state index < -0.39 is 0 Å². The van der Waals surface area contributed by atoms with Crippen LogP contribution in [0.4, 0.5) is 0 Å².